The van der Waals surface area contributed by atoms with Gasteiger partial charge in [0.25, 0.3) is 0 Å². The van der Waals surface area contributed by atoms with Crippen molar-refractivity contribution < 1.29 is 14.3 Å². The molecule has 1 N–H and O–H groups in total. The summed E-state index contributed by atoms with van der Waals surface area (Å²) in [4.78, 5) is 22.8. The molecular formula is C15H20ClNO3. The molecule has 1 aromatic carbocycles. The number of ether oxygens (including phenoxy) is 1. The number of amides is 1. The van der Waals surface area contributed by atoms with Gasteiger partial charge in [0.2, 0.25) is 0 Å². The average molecular weight is 298 g/mol. The first-order valence-corrected chi connectivity index (χ1v) is 6.69. The summed E-state index contributed by atoms with van der Waals surface area (Å²) in [6.45, 7) is 8.89. The molecule has 20 heavy (non-hydrogen) atoms. The van der Waals surface area contributed by atoms with Gasteiger partial charge in [-0.3, -0.25) is 5.32 Å². The topological polar surface area (TPSA) is 55.4 Å². The number of nitrogens with one attached hydrogen (secondary N) is 1. The largest absolute Gasteiger partial charge is 0.444 e. The molecule has 0 saturated carbocycles. The van der Waals surface area contributed by atoms with Crippen molar-refractivity contribution in [1.29, 1.82) is 0 Å². The first-order valence-electron chi connectivity index (χ1n) is 6.31. The van der Waals surface area contributed by atoms with Crippen LogP contribution in [0.2, 0.25) is 5.02 Å². The summed E-state index contributed by atoms with van der Waals surface area (Å²) in [5.74, 6) is 0. The number of halogens is 1. The van der Waals surface area contributed by atoms with Crippen molar-refractivity contribution in [3.63, 3.8) is 0 Å². The normalized spacial score (nSPS) is 11.9. The molecule has 0 aromatic heterocycles. The maximum absolute atomic E-state index is 11.7. The van der Waals surface area contributed by atoms with Crippen LogP contribution in [0.25, 0.3) is 0 Å². The van der Waals surface area contributed by atoms with Crippen LogP contribution in [0, 0.1) is 0 Å². The van der Waals surface area contributed by atoms with E-state index in [1.165, 1.54) is 0 Å². The molecule has 1 rings (SSSR count). The lowest BCUT2D eigenvalue weighted by atomic mass is 9.86. The second-order valence-corrected chi connectivity index (χ2v) is 6.57. The van der Waals surface area contributed by atoms with Crippen molar-refractivity contribution in [3.05, 3.63) is 28.8 Å². The zero-order valence-corrected chi connectivity index (χ0v) is 13.2. The SMILES string of the molecule is CC(C)(C)OC(=O)Nc1ccc(Cl)c(C(C)(C)C=O)c1. The fourth-order valence-corrected chi connectivity index (χ4v) is 1.94. The molecule has 0 aliphatic rings. The van der Waals surface area contributed by atoms with Gasteiger partial charge in [0.15, 0.2) is 0 Å². The minimum Gasteiger partial charge on any atom is -0.444 e. The summed E-state index contributed by atoms with van der Waals surface area (Å²) < 4.78 is 5.17. The number of anilines is 1. The van der Waals surface area contributed by atoms with Gasteiger partial charge in [0, 0.05) is 16.1 Å². The number of aldehydes is 1. The highest BCUT2D eigenvalue weighted by atomic mass is 35.5. The summed E-state index contributed by atoms with van der Waals surface area (Å²) in [6, 6.07) is 4.99. The van der Waals surface area contributed by atoms with Crippen LogP contribution in [-0.2, 0) is 14.9 Å². The number of rotatable bonds is 3. The third-order valence-corrected chi connectivity index (χ3v) is 2.93. The molecule has 0 unspecified atom stereocenters. The van der Waals surface area contributed by atoms with Gasteiger partial charge in [-0.15, -0.1) is 0 Å². The van der Waals surface area contributed by atoms with Crippen LogP contribution in [-0.4, -0.2) is 18.0 Å². The first-order chi connectivity index (χ1) is 9.05. The lowest BCUT2D eigenvalue weighted by molar-refractivity contribution is -0.111. The van der Waals surface area contributed by atoms with E-state index in [1.54, 1.807) is 52.8 Å². The predicted octanol–water partition coefficient (Wildman–Crippen LogP) is 4.16. The molecule has 0 aliphatic carbocycles. The van der Waals surface area contributed by atoms with E-state index in [9.17, 15) is 9.59 Å². The van der Waals surface area contributed by atoms with E-state index >= 15 is 0 Å². The Morgan fingerprint density at radius 1 is 1.25 bits per heavy atom. The molecule has 110 valence electrons. The van der Waals surface area contributed by atoms with Crippen molar-refractivity contribution in [1.82, 2.24) is 0 Å². The second-order valence-electron chi connectivity index (χ2n) is 6.16. The van der Waals surface area contributed by atoms with E-state index in [0.29, 0.717) is 16.3 Å². The number of carbonyl (C=O) groups excluding carboxylic acids is 2. The van der Waals surface area contributed by atoms with Gasteiger partial charge in [-0.2, -0.15) is 0 Å². The van der Waals surface area contributed by atoms with Gasteiger partial charge in [-0.25, -0.2) is 4.79 Å². The minimum absolute atomic E-state index is 0.483. The third kappa shape index (κ3) is 4.53. The molecule has 0 heterocycles. The highest BCUT2D eigenvalue weighted by molar-refractivity contribution is 6.31. The fourth-order valence-electron chi connectivity index (χ4n) is 1.58. The van der Waals surface area contributed by atoms with E-state index in [4.69, 9.17) is 16.3 Å². The first kappa shape index (κ1) is 16.5. The van der Waals surface area contributed by atoms with E-state index < -0.39 is 17.1 Å². The van der Waals surface area contributed by atoms with Crippen LogP contribution < -0.4 is 5.32 Å². The van der Waals surface area contributed by atoms with Crippen LogP contribution in [0.4, 0.5) is 10.5 Å². The van der Waals surface area contributed by atoms with Crippen molar-refractivity contribution in [2.75, 3.05) is 5.32 Å². The van der Waals surface area contributed by atoms with Crippen LogP contribution in [0.1, 0.15) is 40.2 Å². The minimum atomic E-state index is -0.720. The number of hydrogen-bond donors (Lipinski definition) is 1. The highest BCUT2D eigenvalue weighted by Gasteiger charge is 2.23. The van der Waals surface area contributed by atoms with Crippen LogP contribution in [0.3, 0.4) is 0 Å². The molecule has 1 amide bonds. The van der Waals surface area contributed by atoms with Gasteiger partial charge in [0.05, 0.1) is 0 Å². The number of hydrogen-bond acceptors (Lipinski definition) is 3. The fraction of sp³-hybridized carbons (Fsp3) is 0.467. The Hall–Kier alpha value is -1.55. The number of carbonyl (C=O) groups is 2. The quantitative estimate of drug-likeness (QED) is 0.852. The second kappa shape index (κ2) is 5.83. The third-order valence-electron chi connectivity index (χ3n) is 2.60. The van der Waals surface area contributed by atoms with Crippen molar-refractivity contribution in [2.45, 2.75) is 45.6 Å². The molecule has 0 aliphatic heterocycles. The molecule has 0 spiro atoms. The van der Waals surface area contributed by atoms with Gasteiger partial charge < -0.3 is 9.53 Å². The summed E-state index contributed by atoms with van der Waals surface area (Å²) in [6.07, 6.45) is 0.278. The predicted molar refractivity (Wildman–Crippen MR) is 80.4 cm³/mol. The van der Waals surface area contributed by atoms with E-state index in [0.717, 1.165) is 6.29 Å². The van der Waals surface area contributed by atoms with Crippen LogP contribution in [0.5, 0.6) is 0 Å². The van der Waals surface area contributed by atoms with Gasteiger partial charge in [-0.1, -0.05) is 11.6 Å². The lowest BCUT2D eigenvalue weighted by Crippen LogP contribution is -2.27. The van der Waals surface area contributed by atoms with E-state index in [1.807, 2.05) is 0 Å². The summed E-state index contributed by atoms with van der Waals surface area (Å²) in [7, 11) is 0. The Morgan fingerprint density at radius 3 is 2.35 bits per heavy atom. The Morgan fingerprint density at radius 2 is 1.85 bits per heavy atom. The monoisotopic (exact) mass is 297 g/mol. The molecule has 0 saturated heterocycles. The average Bonchev–Trinajstić information content (AvgIpc) is 2.29. The zero-order chi connectivity index (χ0) is 15.6. The van der Waals surface area contributed by atoms with Gasteiger partial charge >= 0.3 is 6.09 Å². The summed E-state index contributed by atoms with van der Waals surface area (Å²) in [5, 5.41) is 3.11. The maximum Gasteiger partial charge on any atom is 0.412 e. The Kier molecular flexibility index (Phi) is 4.81. The Bertz CT molecular complexity index is 518. The molecular weight excluding hydrogens is 278 g/mol. The van der Waals surface area contributed by atoms with Crippen molar-refractivity contribution >= 4 is 29.7 Å². The standard InChI is InChI=1S/C15H20ClNO3/c1-14(2,3)20-13(19)17-10-6-7-12(16)11(8-10)15(4,5)9-18/h6-9H,1-5H3,(H,17,19). The molecule has 4 nitrogen and oxygen atoms in total. The molecule has 0 bridgehead atoms. The smallest absolute Gasteiger partial charge is 0.412 e. The molecule has 0 fully saturated rings. The Labute approximate surface area is 124 Å². The van der Waals surface area contributed by atoms with Gasteiger partial charge in [0.1, 0.15) is 11.9 Å². The molecule has 0 radical (unpaired) electrons. The summed E-state index contributed by atoms with van der Waals surface area (Å²) in [5.41, 5.74) is -0.0966. The van der Waals surface area contributed by atoms with E-state index in [2.05, 4.69) is 5.32 Å². The lowest BCUT2D eigenvalue weighted by Gasteiger charge is -2.22. The van der Waals surface area contributed by atoms with Crippen LogP contribution in [0.15, 0.2) is 18.2 Å². The maximum atomic E-state index is 11.7. The molecule has 5 heteroatoms. The van der Waals surface area contributed by atoms with Crippen molar-refractivity contribution in [3.8, 4) is 0 Å². The number of benzene rings is 1. The summed E-state index contributed by atoms with van der Waals surface area (Å²) >= 11 is 6.10. The highest BCUT2D eigenvalue weighted by Crippen LogP contribution is 2.30. The molecule has 0 atom stereocenters. The van der Waals surface area contributed by atoms with Crippen LogP contribution >= 0.6 is 11.6 Å². The Balaban J connectivity index is 2.97. The van der Waals surface area contributed by atoms with Crippen molar-refractivity contribution in [2.24, 2.45) is 0 Å². The zero-order valence-electron chi connectivity index (χ0n) is 12.4. The van der Waals surface area contributed by atoms with Gasteiger partial charge in [-0.05, 0) is 58.4 Å². The van der Waals surface area contributed by atoms with E-state index in [-0.39, 0.29) is 0 Å². The molecule has 1 aromatic rings.